The zero-order chi connectivity index (χ0) is 24.3. The van der Waals surface area contributed by atoms with Crippen molar-refractivity contribution in [2.75, 3.05) is 45.3 Å². The lowest BCUT2D eigenvalue weighted by Crippen LogP contribution is -2.24. The monoisotopic (exact) mass is 558 g/mol. The Morgan fingerprint density at radius 3 is 2.15 bits per heavy atom. The number of halogens is 4. The molecule has 0 saturated carbocycles. The zero-order valence-electron chi connectivity index (χ0n) is 18.2. The van der Waals surface area contributed by atoms with Gasteiger partial charge in [0.1, 0.15) is 12.4 Å². The lowest BCUT2D eigenvalue weighted by atomic mass is 10.3. The van der Waals surface area contributed by atoms with Crippen LogP contribution < -0.4 is 27.7 Å². The minimum Gasteiger partial charge on any atom is -0.482 e. The fraction of sp³-hybridized carbons (Fsp3) is 0.278. The second kappa shape index (κ2) is 16.8. The van der Waals surface area contributed by atoms with Gasteiger partial charge in [-0.2, -0.15) is 4.99 Å². The highest BCUT2D eigenvalue weighted by atomic mass is 35.5. The van der Waals surface area contributed by atoms with Crippen LogP contribution in [0.1, 0.15) is 10.5 Å². The highest BCUT2D eigenvalue weighted by molar-refractivity contribution is 6.31. The first-order valence-electron chi connectivity index (χ1n) is 8.90. The maximum absolute atomic E-state index is 11.3. The van der Waals surface area contributed by atoms with Gasteiger partial charge in [0, 0.05) is 11.6 Å². The molecule has 1 heterocycles. The van der Waals surface area contributed by atoms with Gasteiger partial charge in [0.05, 0.1) is 0 Å². The van der Waals surface area contributed by atoms with E-state index >= 15 is 0 Å². The van der Waals surface area contributed by atoms with Gasteiger partial charge >= 0.3 is 11.9 Å². The average Bonchev–Trinajstić information content (AvgIpc) is 2.70. The van der Waals surface area contributed by atoms with Gasteiger partial charge in [-0.25, -0.2) is 14.8 Å². The SMILES string of the molecule is CN(C)CCOC(=O)COc1ccc(Cl)cc1.Cl.Cl.NC(N)=NC(=O)c1nc(Cl)c(N)nc1N. The first kappa shape index (κ1) is 33.4. The third kappa shape index (κ3) is 13.1. The Labute approximate surface area is 218 Å². The molecular weight excluding hydrogens is 534 g/mol. The quantitative estimate of drug-likeness (QED) is 0.217. The molecule has 12 nitrogen and oxygen atoms in total. The number of hydrogen-bond acceptors (Lipinski definition) is 9. The van der Waals surface area contributed by atoms with E-state index in [1.165, 1.54) is 0 Å². The van der Waals surface area contributed by atoms with Crippen molar-refractivity contribution in [3.63, 3.8) is 0 Å². The van der Waals surface area contributed by atoms with E-state index in [4.69, 9.17) is 55.6 Å². The molecule has 16 heteroatoms. The summed E-state index contributed by atoms with van der Waals surface area (Å²) >= 11 is 11.3. The number of rotatable bonds is 7. The van der Waals surface area contributed by atoms with Crippen molar-refractivity contribution >= 4 is 77.5 Å². The third-order valence-corrected chi connectivity index (χ3v) is 3.84. The molecule has 0 spiro atoms. The van der Waals surface area contributed by atoms with Crippen LogP contribution in [0.15, 0.2) is 29.3 Å². The van der Waals surface area contributed by atoms with Crippen molar-refractivity contribution in [3.8, 4) is 5.75 Å². The summed E-state index contributed by atoms with van der Waals surface area (Å²) in [6.45, 7) is 0.984. The molecule has 1 aromatic heterocycles. The number of guanidine groups is 1. The number of carbonyl (C=O) groups is 2. The molecule has 0 radical (unpaired) electrons. The van der Waals surface area contributed by atoms with Crippen molar-refractivity contribution < 1.29 is 19.1 Å². The third-order valence-electron chi connectivity index (χ3n) is 3.31. The van der Waals surface area contributed by atoms with Crippen LogP contribution in [0.2, 0.25) is 10.2 Å². The number of carbonyl (C=O) groups excluding carboxylic acids is 2. The van der Waals surface area contributed by atoms with Crippen molar-refractivity contribution in [2.24, 2.45) is 16.5 Å². The summed E-state index contributed by atoms with van der Waals surface area (Å²) in [5, 5.41) is 0.490. The standard InChI is InChI=1S/C12H16ClNO3.C6H8ClN7O.2ClH/c1-14(2)7-8-16-12(15)9-17-11-5-3-10(13)4-6-11;7-2-4(9)13-3(8)1(12-2)5(15)14-6(10)11;;/h3-6H,7-9H2,1-2H3;(H4,8,9,13)(H4,10,11,14,15);2*1H. The van der Waals surface area contributed by atoms with Crippen LogP contribution in [0.25, 0.3) is 0 Å². The second-order valence-corrected chi connectivity index (χ2v) is 7.04. The maximum atomic E-state index is 11.3. The van der Waals surface area contributed by atoms with Gasteiger partial charge in [0.15, 0.2) is 35.0 Å². The molecule has 1 aromatic carbocycles. The molecule has 190 valence electrons. The summed E-state index contributed by atoms with van der Waals surface area (Å²) in [5.74, 6) is -1.28. The minimum atomic E-state index is -0.832. The molecule has 8 N–H and O–H groups in total. The average molecular weight is 560 g/mol. The fourth-order valence-corrected chi connectivity index (χ4v) is 2.08. The van der Waals surface area contributed by atoms with Crippen LogP contribution >= 0.6 is 48.0 Å². The maximum Gasteiger partial charge on any atom is 0.344 e. The summed E-state index contributed by atoms with van der Waals surface area (Å²) in [4.78, 5) is 35.0. The van der Waals surface area contributed by atoms with Crippen molar-refractivity contribution in [2.45, 2.75) is 0 Å². The number of nitrogen functional groups attached to an aromatic ring is 2. The van der Waals surface area contributed by atoms with Crippen molar-refractivity contribution in [3.05, 3.63) is 40.1 Å². The highest BCUT2D eigenvalue weighted by Gasteiger charge is 2.15. The van der Waals surface area contributed by atoms with Gasteiger partial charge in [-0.15, -0.1) is 24.8 Å². The van der Waals surface area contributed by atoms with Crippen LogP contribution in [0.4, 0.5) is 11.6 Å². The summed E-state index contributed by atoms with van der Waals surface area (Å²) in [6.07, 6.45) is 0. The van der Waals surface area contributed by atoms with E-state index in [1.54, 1.807) is 24.3 Å². The number of aliphatic imine (C=N–C) groups is 1. The van der Waals surface area contributed by atoms with E-state index < -0.39 is 11.9 Å². The number of benzene rings is 1. The zero-order valence-corrected chi connectivity index (χ0v) is 21.4. The lowest BCUT2D eigenvalue weighted by molar-refractivity contribution is -0.146. The molecule has 0 bridgehead atoms. The smallest absolute Gasteiger partial charge is 0.344 e. The van der Waals surface area contributed by atoms with E-state index in [-0.39, 0.29) is 59.9 Å². The van der Waals surface area contributed by atoms with E-state index in [1.807, 2.05) is 19.0 Å². The number of nitrogens with zero attached hydrogens (tertiary/aromatic N) is 4. The number of amides is 1. The van der Waals surface area contributed by atoms with E-state index in [0.717, 1.165) is 0 Å². The number of hydrogen-bond donors (Lipinski definition) is 4. The molecule has 0 atom stereocenters. The molecule has 0 aliphatic carbocycles. The van der Waals surface area contributed by atoms with Gasteiger partial charge in [0.2, 0.25) is 0 Å². The minimum absolute atomic E-state index is 0. The number of ether oxygens (including phenoxy) is 2. The van der Waals surface area contributed by atoms with E-state index in [2.05, 4.69) is 15.0 Å². The normalized spacial score (nSPS) is 9.44. The molecule has 34 heavy (non-hydrogen) atoms. The van der Waals surface area contributed by atoms with Crippen LogP contribution in [-0.4, -0.2) is 66.6 Å². The summed E-state index contributed by atoms with van der Waals surface area (Å²) in [7, 11) is 3.83. The van der Waals surface area contributed by atoms with Gasteiger partial charge < -0.3 is 37.3 Å². The first-order chi connectivity index (χ1) is 15.0. The van der Waals surface area contributed by atoms with Gasteiger partial charge in [-0.1, -0.05) is 23.2 Å². The summed E-state index contributed by atoms with van der Waals surface area (Å²) in [6, 6.07) is 6.81. The van der Waals surface area contributed by atoms with E-state index in [9.17, 15) is 9.59 Å². The number of likely N-dealkylation sites (N-methyl/N-ethyl adjacent to an activating group) is 1. The second-order valence-electron chi connectivity index (χ2n) is 6.24. The Morgan fingerprint density at radius 2 is 1.62 bits per heavy atom. The van der Waals surface area contributed by atoms with Gasteiger partial charge in [0.25, 0.3) is 0 Å². The Kier molecular flexibility index (Phi) is 16.5. The highest BCUT2D eigenvalue weighted by Crippen LogP contribution is 2.18. The predicted molar refractivity (Wildman–Crippen MR) is 137 cm³/mol. The molecule has 0 aliphatic heterocycles. The Bertz CT molecular complexity index is 958. The van der Waals surface area contributed by atoms with Crippen LogP contribution in [0.5, 0.6) is 5.75 Å². The Morgan fingerprint density at radius 1 is 1.03 bits per heavy atom. The van der Waals surface area contributed by atoms with Gasteiger partial charge in [-0.05, 0) is 38.4 Å². The Balaban J connectivity index is 0. The van der Waals surface area contributed by atoms with Gasteiger partial charge in [-0.3, -0.25) is 4.79 Å². The summed E-state index contributed by atoms with van der Waals surface area (Å²) in [5.41, 5.74) is 20.5. The Hall–Kier alpha value is -2.77. The lowest BCUT2D eigenvalue weighted by Gasteiger charge is -2.10. The van der Waals surface area contributed by atoms with Crippen LogP contribution in [0, 0.1) is 0 Å². The molecule has 1 amide bonds. The molecule has 2 aromatic rings. The topological polar surface area (TPSA) is 198 Å². The molecular formula is C18H26Cl4N8O4. The molecule has 0 aliphatic rings. The fourth-order valence-electron chi connectivity index (χ4n) is 1.83. The molecule has 0 unspecified atom stereocenters. The molecule has 0 saturated heterocycles. The first-order valence-corrected chi connectivity index (χ1v) is 9.66. The van der Waals surface area contributed by atoms with Crippen LogP contribution in [-0.2, 0) is 9.53 Å². The number of aromatic nitrogens is 2. The number of esters is 1. The van der Waals surface area contributed by atoms with Crippen LogP contribution in [0.3, 0.4) is 0 Å². The summed E-state index contributed by atoms with van der Waals surface area (Å²) < 4.78 is 10.2. The number of anilines is 2. The predicted octanol–water partition coefficient (Wildman–Crippen LogP) is 1.38. The van der Waals surface area contributed by atoms with Crippen molar-refractivity contribution in [1.29, 1.82) is 0 Å². The van der Waals surface area contributed by atoms with Crippen molar-refractivity contribution in [1.82, 2.24) is 14.9 Å². The number of nitrogens with two attached hydrogens (primary N) is 4. The van der Waals surface area contributed by atoms with E-state index in [0.29, 0.717) is 23.9 Å². The molecule has 2 rings (SSSR count). The molecule has 0 fully saturated rings. The largest absolute Gasteiger partial charge is 0.482 e.